The minimum atomic E-state index is -0.435. The first kappa shape index (κ1) is 11.6. The zero-order valence-electron chi connectivity index (χ0n) is 9.62. The molecule has 94 valence electrons. The number of hydrogen-bond donors (Lipinski definition) is 1. The smallest absolute Gasteiger partial charge is 0.321 e. The van der Waals surface area contributed by atoms with Gasteiger partial charge in [-0.05, 0) is 17.7 Å². The zero-order chi connectivity index (χ0) is 13.4. The third kappa shape index (κ3) is 2.02. The lowest BCUT2D eigenvalue weighted by atomic mass is 10.1. The van der Waals surface area contributed by atoms with E-state index in [1.54, 1.807) is 11.5 Å². The lowest BCUT2D eigenvalue weighted by molar-refractivity contribution is -0.380. The van der Waals surface area contributed by atoms with Crippen molar-refractivity contribution in [3.63, 3.8) is 0 Å². The van der Waals surface area contributed by atoms with Crippen molar-refractivity contribution in [3.05, 3.63) is 57.0 Å². The average molecular weight is 272 g/mol. The van der Waals surface area contributed by atoms with E-state index in [9.17, 15) is 14.9 Å². The van der Waals surface area contributed by atoms with Gasteiger partial charge in [0.1, 0.15) is 0 Å². The van der Waals surface area contributed by atoms with E-state index >= 15 is 0 Å². The molecular weight excluding hydrogens is 264 g/mol. The first-order valence-electron chi connectivity index (χ1n) is 5.50. The summed E-state index contributed by atoms with van der Waals surface area (Å²) in [5.74, 6) is -0.185. The Kier molecular flexibility index (Phi) is 2.64. The van der Waals surface area contributed by atoms with Crippen LogP contribution in [0.25, 0.3) is 11.6 Å². The summed E-state index contributed by atoms with van der Waals surface area (Å²) < 4.78 is 0. The molecule has 1 aliphatic heterocycles. The Bertz CT molecular complexity index is 718. The molecule has 0 saturated heterocycles. The number of hydrogen-bond acceptors (Lipinski definition) is 4. The Balaban J connectivity index is 2.03. The topological polar surface area (TPSA) is 72.2 Å². The van der Waals surface area contributed by atoms with Crippen LogP contribution in [0, 0.1) is 10.1 Å². The molecule has 0 atom stereocenters. The molecule has 2 heterocycles. The molecule has 1 aromatic heterocycles. The molecule has 0 spiro atoms. The minimum absolute atomic E-state index is 0.0681. The molecule has 0 unspecified atom stereocenters. The average Bonchev–Trinajstić information content (AvgIpc) is 2.96. The fourth-order valence-electron chi connectivity index (χ4n) is 1.96. The van der Waals surface area contributed by atoms with Gasteiger partial charge in [-0.3, -0.25) is 14.9 Å². The molecule has 0 aliphatic carbocycles. The normalized spacial score (nSPS) is 15.4. The number of para-hydroxylation sites is 1. The second kappa shape index (κ2) is 4.33. The summed E-state index contributed by atoms with van der Waals surface area (Å²) in [4.78, 5) is 22.1. The van der Waals surface area contributed by atoms with Crippen LogP contribution in [0.5, 0.6) is 0 Å². The highest BCUT2D eigenvalue weighted by atomic mass is 32.1. The summed E-state index contributed by atoms with van der Waals surface area (Å²) in [6.07, 6.45) is 1.67. The molecule has 0 saturated carbocycles. The predicted octanol–water partition coefficient (Wildman–Crippen LogP) is 3.15. The Morgan fingerprint density at radius 3 is 2.84 bits per heavy atom. The molecule has 3 rings (SSSR count). The van der Waals surface area contributed by atoms with Crippen LogP contribution >= 0.6 is 11.3 Å². The van der Waals surface area contributed by atoms with Gasteiger partial charge in [-0.15, -0.1) is 0 Å². The van der Waals surface area contributed by atoms with Crippen LogP contribution in [0.3, 0.4) is 0 Å². The molecule has 0 bridgehead atoms. The molecule has 5 nitrogen and oxygen atoms in total. The Morgan fingerprint density at radius 2 is 2.11 bits per heavy atom. The molecule has 0 radical (unpaired) electrons. The Labute approximate surface area is 112 Å². The fourth-order valence-corrected chi connectivity index (χ4v) is 2.64. The summed E-state index contributed by atoms with van der Waals surface area (Å²) in [5.41, 5.74) is 2.78. The van der Waals surface area contributed by atoms with Crippen LogP contribution < -0.4 is 5.32 Å². The maximum absolute atomic E-state index is 11.9. The van der Waals surface area contributed by atoms with Gasteiger partial charge in [0.05, 0.1) is 4.92 Å². The molecule has 1 amide bonds. The largest absolute Gasteiger partial charge is 0.324 e. The maximum Gasteiger partial charge on any atom is 0.324 e. The summed E-state index contributed by atoms with van der Waals surface area (Å²) in [6, 6.07) is 8.83. The summed E-state index contributed by atoms with van der Waals surface area (Å²) >= 11 is 1.05. The highest BCUT2D eigenvalue weighted by Gasteiger charge is 2.23. The number of rotatable bonds is 2. The van der Waals surface area contributed by atoms with Crippen molar-refractivity contribution in [2.45, 2.75) is 0 Å². The van der Waals surface area contributed by atoms with Crippen LogP contribution in [0.2, 0.25) is 0 Å². The van der Waals surface area contributed by atoms with E-state index in [0.29, 0.717) is 11.1 Å². The lowest BCUT2D eigenvalue weighted by Gasteiger charge is -1.95. The predicted molar refractivity (Wildman–Crippen MR) is 73.9 cm³/mol. The Morgan fingerprint density at radius 1 is 1.32 bits per heavy atom. The number of benzene rings is 1. The summed E-state index contributed by atoms with van der Waals surface area (Å²) in [6.45, 7) is 0. The number of anilines is 1. The highest BCUT2D eigenvalue weighted by Crippen LogP contribution is 2.34. The van der Waals surface area contributed by atoms with Gasteiger partial charge in [0, 0.05) is 28.3 Å². The van der Waals surface area contributed by atoms with Gasteiger partial charge < -0.3 is 5.32 Å². The number of thiophene rings is 1. The second-order valence-electron chi connectivity index (χ2n) is 4.03. The number of nitrogens with one attached hydrogen (secondary N) is 1. The SMILES string of the molecule is O=C1Nc2ccccc2/C1=C/c1csc([N+](=O)[O-])c1. The number of nitrogens with zero attached hydrogens (tertiary/aromatic N) is 1. The molecular formula is C13H8N2O3S. The van der Waals surface area contributed by atoms with Crippen molar-refractivity contribution < 1.29 is 9.72 Å². The second-order valence-corrected chi connectivity index (χ2v) is 4.92. The van der Waals surface area contributed by atoms with E-state index in [1.807, 2.05) is 24.3 Å². The number of nitro groups is 1. The highest BCUT2D eigenvalue weighted by molar-refractivity contribution is 7.13. The van der Waals surface area contributed by atoms with Crippen LogP contribution in [0.1, 0.15) is 11.1 Å². The first-order valence-corrected chi connectivity index (χ1v) is 6.38. The Hall–Kier alpha value is -2.47. The van der Waals surface area contributed by atoms with Gasteiger partial charge >= 0.3 is 5.00 Å². The lowest BCUT2D eigenvalue weighted by Crippen LogP contribution is -2.03. The van der Waals surface area contributed by atoms with Crippen molar-refractivity contribution >= 4 is 39.6 Å². The maximum atomic E-state index is 11.9. The standard InChI is InChI=1S/C13H8N2O3S/c16-13-10(9-3-1-2-4-11(9)14-13)5-8-6-12(15(17)18)19-7-8/h1-7H,(H,14,16)/b10-5-. The molecule has 19 heavy (non-hydrogen) atoms. The van der Waals surface area contributed by atoms with Gasteiger partial charge in [-0.1, -0.05) is 29.5 Å². The third-order valence-corrected chi connectivity index (χ3v) is 3.71. The van der Waals surface area contributed by atoms with E-state index in [1.165, 1.54) is 6.07 Å². The van der Waals surface area contributed by atoms with E-state index in [2.05, 4.69) is 5.32 Å². The van der Waals surface area contributed by atoms with Crippen LogP contribution in [-0.2, 0) is 4.79 Å². The van der Waals surface area contributed by atoms with Gasteiger partial charge in [0.15, 0.2) is 0 Å². The third-order valence-electron chi connectivity index (χ3n) is 2.81. The van der Waals surface area contributed by atoms with Crippen molar-refractivity contribution in [1.82, 2.24) is 0 Å². The van der Waals surface area contributed by atoms with Gasteiger partial charge in [-0.2, -0.15) is 0 Å². The minimum Gasteiger partial charge on any atom is -0.321 e. The van der Waals surface area contributed by atoms with E-state index in [4.69, 9.17) is 0 Å². The summed E-state index contributed by atoms with van der Waals surface area (Å²) in [7, 11) is 0. The van der Waals surface area contributed by atoms with Crippen LogP contribution in [-0.4, -0.2) is 10.8 Å². The molecule has 6 heteroatoms. The van der Waals surface area contributed by atoms with Crippen molar-refractivity contribution in [2.75, 3.05) is 5.32 Å². The van der Waals surface area contributed by atoms with Crippen LogP contribution in [0.4, 0.5) is 10.7 Å². The fraction of sp³-hybridized carbons (Fsp3) is 0. The van der Waals surface area contributed by atoms with E-state index in [0.717, 1.165) is 22.6 Å². The monoisotopic (exact) mass is 272 g/mol. The van der Waals surface area contributed by atoms with Crippen molar-refractivity contribution in [3.8, 4) is 0 Å². The van der Waals surface area contributed by atoms with E-state index < -0.39 is 4.92 Å². The van der Waals surface area contributed by atoms with Gasteiger partial charge in [0.2, 0.25) is 0 Å². The van der Waals surface area contributed by atoms with E-state index in [-0.39, 0.29) is 10.9 Å². The molecule has 1 aliphatic rings. The first-order chi connectivity index (χ1) is 9.15. The number of carbonyl (C=O) groups is 1. The van der Waals surface area contributed by atoms with Gasteiger partial charge in [-0.25, -0.2) is 0 Å². The molecule has 0 fully saturated rings. The number of fused-ring (bicyclic) bond motifs is 1. The van der Waals surface area contributed by atoms with Gasteiger partial charge in [0.25, 0.3) is 5.91 Å². The molecule has 1 N–H and O–H groups in total. The summed E-state index contributed by atoms with van der Waals surface area (Å²) in [5, 5.41) is 15.1. The van der Waals surface area contributed by atoms with Crippen LogP contribution in [0.15, 0.2) is 35.7 Å². The zero-order valence-corrected chi connectivity index (χ0v) is 10.4. The van der Waals surface area contributed by atoms with Crippen molar-refractivity contribution in [2.24, 2.45) is 0 Å². The number of carbonyl (C=O) groups excluding carboxylic acids is 1. The van der Waals surface area contributed by atoms with Crippen molar-refractivity contribution in [1.29, 1.82) is 0 Å². The quantitative estimate of drug-likeness (QED) is 0.518. The number of amides is 1. The molecule has 2 aromatic rings. The molecule has 1 aromatic carbocycles.